The number of nitrogens with one attached hydrogen (secondary N) is 1. The predicted octanol–water partition coefficient (Wildman–Crippen LogP) is 0.966. The second-order valence-corrected chi connectivity index (χ2v) is 4.78. The summed E-state index contributed by atoms with van der Waals surface area (Å²) >= 11 is 0. The summed E-state index contributed by atoms with van der Waals surface area (Å²) in [4.78, 5) is 35.6. The number of carbonyl (C=O) groups is 3. The molecule has 6 nitrogen and oxygen atoms in total. The van der Waals surface area contributed by atoms with Crippen LogP contribution in [0.4, 0.5) is 0 Å². The Bertz CT molecular complexity index is 555. The number of hydrogen-bond donors (Lipinski definition) is 2. The third-order valence-corrected chi connectivity index (χ3v) is 3.23. The van der Waals surface area contributed by atoms with Gasteiger partial charge >= 0.3 is 5.97 Å². The Labute approximate surface area is 123 Å². The van der Waals surface area contributed by atoms with E-state index in [1.807, 2.05) is 19.9 Å². The Morgan fingerprint density at radius 3 is 2.38 bits per heavy atom. The van der Waals surface area contributed by atoms with Gasteiger partial charge in [0.15, 0.2) is 0 Å². The molecule has 2 amide bonds. The van der Waals surface area contributed by atoms with E-state index in [1.54, 1.807) is 19.1 Å². The first-order chi connectivity index (χ1) is 9.85. The smallest absolute Gasteiger partial charge is 0.323 e. The Kier molecular flexibility index (Phi) is 5.90. The lowest BCUT2D eigenvalue weighted by molar-refractivity contribution is -0.143. The van der Waals surface area contributed by atoms with E-state index in [2.05, 4.69) is 5.32 Å². The van der Waals surface area contributed by atoms with Gasteiger partial charge in [0.1, 0.15) is 6.54 Å². The molecule has 21 heavy (non-hydrogen) atoms. The largest absolute Gasteiger partial charge is 0.480 e. The maximum atomic E-state index is 11.9. The summed E-state index contributed by atoms with van der Waals surface area (Å²) in [5.74, 6) is -1.85. The maximum absolute atomic E-state index is 11.9. The quantitative estimate of drug-likeness (QED) is 0.818. The van der Waals surface area contributed by atoms with Crippen LogP contribution in [0, 0.1) is 13.8 Å². The highest BCUT2D eigenvalue weighted by molar-refractivity contribution is 5.96. The predicted molar refractivity (Wildman–Crippen MR) is 78.1 cm³/mol. The number of carbonyl (C=O) groups excluding carboxylic acids is 2. The van der Waals surface area contributed by atoms with Crippen molar-refractivity contribution < 1.29 is 19.5 Å². The summed E-state index contributed by atoms with van der Waals surface area (Å²) in [6, 6.07) is 5.29. The molecule has 0 saturated carbocycles. The van der Waals surface area contributed by atoms with Crippen LogP contribution < -0.4 is 5.32 Å². The van der Waals surface area contributed by atoms with Crippen LogP contribution in [0.1, 0.15) is 28.4 Å². The highest BCUT2D eigenvalue weighted by atomic mass is 16.4. The van der Waals surface area contributed by atoms with Crippen molar-refractivity contribution in [3.05, 3.63) is 34.9 Å². The van der Waals surface area contributed by atoms with Gasteiger partial charge < -0.3 is 15.3 Å². The van der Waals surface area contributed by atoms with Crippen LogP contribution in [0.5, 0.6) is 0 Å². The molecule has 0 aliphatic rings. The van der Waals surface area contributed by atoms with Crippen LogP contribution in [0.2, 0.25) is 0 Å². The van der Waals surface area contributed by atoms with Gasteiger partial charge in [-0.1, -0.05) is 6.07 Å². The molecule has 0 spiro atoms. The molecule has 0 heterocycles. The molecule has 1 aromatic carbocycles. The molecule has 0 aromatic heterocycles. The molecule has 1 rings (SSSR count). The number of aliphatic carboxylic acids is 1. The number of likely N-dealkylation sites (N-methyl/N-ethyl adjacent to an activating group) is 1. The van der Waals surface area contributed by atoms with Crippen LogP contribution in [-0.2, 0) is 9.59 Å². The first kappa shape index (κ1) is 16.7. The first-order valence-corrected chi connectivity index (χ1v) is 6.70. The van der Waals surface area contributed by atoms with Gasteiger partial charge in [-0.15, -0.1) is 0 Å². The number of nitrogens with zero attached hydrogens (tertiary/aromatic N) is 1. The van der Waals surface area contributed by atoms with Crippen molar-refractivity contribution in [2.75, 3.05) is 19.6 Å². The second kappa shape index (κ2) is 7.42. The van der Waals surface area contributed by atoms with E-state index >= 15 is 0 Å². The zero-order valence-electron chi connectivity index (χ0n) is 12.5. The zero-order chi connectivity index (χ0) is 16.0. The second-order valence-electron chi connectivity index (χ2n) is 4.78. The minimum Gasteiger partial charge on any atom is -0.480 e. The fourth-order valence-corrected chi connectivity index (χ4v) is 1.79. The van der Waals surface area contributed by atoms with Gasteiger partial charge in [-0.2, -0.15) is 0 Å². The number of carboxylic acids is 1. The zero-order valence-corrected chi connectivity index (χ0v) is 12.5. The monoisotopic (exact) mass is 292 g/mol. The molecule has 0 bridgehead atoms. The average molecular weight is 292 g/mol. The molecule has 0 atom stereocenters. The minimum atomic E-state index is -1.08. The SMILES string of the molecule is CCN(CC(=O)O)C(=O)CNC(=O)c1ccc(C)c(C)c1. The topological polar surface area (TPSA) is 86.7 Å². The van der Waals surface area contributed by atoms with Crippen molar-refractivity contribution in [1.82, 2.24) is 10.2 Å². The van der Waals surface area contributed by atoms with Crippen LogP contribution in [-0.4, -0.2) is 47.4 Å². The van der Waals surface area contributed by atoms with E-state index in [4.69, 9.17) is 5.11 Å². The fourth-order valence-electron chi connectivity index (χ4n) is 1.79. The number of amides is 2. The van der Waals surface area contributed by atoms with Crippen molar-refractivity contribution in [3.63, 3.8) is 0 Å². The number of aryl methyl sites for hydroxylation is 2. The van der Waals surface area contributed by atoms with Gasteiger partial charge in [0, 0.05) is 12.1 Å². The number of carboxylic acid groups (broad SMARTS) is 1. The lowest BCUT2D eigenvalue weighted by Crippen LogP contribution is -2.42. The summed E-state index contributed by atoms with van der Waals surface area (Å²) in [7, 11) is 0. The molecule has 2 N–H and O–H groups in total. The van der Waals surface area contributed by atoms with Gasteiger partial charge in [-0.3, -0.25) is 14.4 Å². The highest BCUT2D eigenvalue weighted by Gasteiger charge is 2.16. The standard InChI is InChI=1S/C15H20N2O4/c1-4-17(9-14(19)20)13(18)8-16-15(21)12-6-5-10(2)11(3)7-12/h5-7H,4,8-9H2,1-3H3,(H,16,21)(H,19,20). The molecular weight excluding hydrogens is 272 g/mol. The summed E-state index contributed by atoms with van der Waals surface area (Å²) in [6.45, 7) is 5.24. The van der Waals surface area contributed by atoms with Crippen LogP contribution >= 0.6 is 0 Å². The molecule has 6 heteroatoms. The Morgan fingerprint density at radius 1 is 1.19 bits per heavy atom. The van der Waals surface area contributed by atoms with Gasteiger partial charge in [0.2, 0.25) is 5.91 Å². The average Bonchev–Trinajstić information content (AvgIpc) is 2.44. The summed E-state index contributed by atoms with van der Waals surface area (Å²) in [6.07, 6.45) is 0. The van der Waals surface area contributed by atoms with E-state index in [0.717, 1.165) is 11.1 Å². The first-order valence-electron chi connectivity index (χ1n) is 6.70. The number of rotatable bonds is 6. The van der Waals surface area contributed by atoms with Crippen LogP contribution in [0.25, 0.3) is 0 Å². The Morgan fingerprint density at radius 2 is 1.86 bits per heavy atom. The molecule has 0 saturated heterocycles. The van der Waals surface area contributed by atoms with Crippen molar-refractivity contribution in [2.24, 2.45) is 0 Å². The van der Waals surface area contributed by atoms with Gasteiger partial charge in [0.05, 0.1) is 6.54 Å². The van der Waals surface area contributed by atoms with E-state index in [9.17, 15) is 14.4 Å². The van der Waals surface area contributed by atoms with Gasteiger partial charge in [-0.25, -0.2) is 0 Å². The lowest BCUT2D eigenvalue weighted by Gasteiger charge is -2.18. The number of hydrogen-bond acceptors (Lipinski definition) is 3. The molecule has 114 valence electrons. The molecule has 0 unspecified atom stereocenters. The lowest BCUT2D eigenvalue weighted by atomic mass is 10.1. The van der Waals surface area contributed by atoms with Gasteiger partial charge in [-0.05, 0) is 44.0 Å². The van der Waals surface area contributed by atoms with Crippen molar-refractivity contribution in [3.8, 4) is 0 Å². The fraction of sp³-hybridized carbons (Fsp3) is 0.400. The van der Waals surface area contributed by atoms with Crippen LogP contribution in [0.15, 0.2) is 18.2 Å². The third-order valence-electron chi connectivity index (χ3n) is 3.23. The van der Waals surface area contributed by atoms with Crippen molar-refractivity contribution in [1.29, 1.82) is 0 Å². The number of benzene rings is 1. The van der Waals surface area contributed by atoms with E-state index < -0.39 is 11.9 Å². The molecule has 0 aliphatic heterocycles. The van der Waals surface area contributed by atoms with E-state index in [1.165, 1.54) is 4.90 Å². The summed E-state index contributed by atoms with van der Waals surface area (Å²) < 4.78 is 0. The maximum Gasteiger partial charge on any atom is 0.323 e. The molecule has 0 aliphatic carbocycles. The third kappa shape index (κ3) is 4.91. The normalized spacial score (nSPS) is 10.0. The Balaban J connectivity index is 2.61. The molecular formula is C15H20N2O4. The van der Waals surface area contributed by atoms with E-state index in [-0.39, 0.29) is 25.5 Å². The van der Waals surface area contributed by atoms with Crippen molar-refractivity contribution >= 4 is 17.8 Å². The minimum absolute atomic E-state index is 0.215. The molecule has 1 aromatic rings. The van der Waals surface area contributed by atoms with E-state index in [0.29, 0.717) is 5.56 Å². The van der Waals surface area contributed by atoms with Crippen LogP contribution in [0.3, 0.4) is 0 Å². The summed E-state index contributed by atoms with van der Waals surface area (Å²) in [5.41, 5.74) is 2.56. The highest BCUT2D eigenvalue weighted by Crippen LogP contribution is 2.09. The molecule has 0 radical (unpaired) electrons. The van der Waals surface area contributed by atoms with Gasteiger partial charge in [0.25, 0.3) is 5.91 Å². The van der Waals surface area contributed by atoms with Crippen molar-refractivity contribution in [2.45, 2.75) is 20.8 Å². The molecule has 0 fully saturated rings. The Hall–Kier alpha value is -2.37. The summed E-state index contributed by atoms with van der Waals surface area (Å²) in [5, 5.41) is 11.2.